The van der Waals surface area contributed by atoms with Crippen LogP contribution in [0.4, 0.5) is 0 Å². The molecule has 1 fully saturated rings. The molecule has 1 aliphatic heterocycles. The van der Waals surface area contributed by atoms with Crippen molar-refractivity contribution >= 4 is 0 Å². The molecule has 5 atom stereocenters. The van der Waals surface area contributed by atoms with Crippen LogP contribution in [0.5, 0.6) is 0 Å². The number of terminal acetylenes is 1. The molecule has 0 spiro atoms. The lowest BCUT2D eigenvalue weighted by Gasteiger charge is -2.37. The molecule has 0 radical (unpaired) electrons. The minimum atomic E-state index is -1.20. The Hall–Kier alpha value is -4.54. The zero-order valence-electron chi connectivity index (χ0n) is 25.6. The maximum atomic E-state index is 11.0. The molecule has 0 amide bonds. The molecule has 0 unspecified atom stereocenters. The number of aliphatic hydroxyl groups is 1. The van der Waals surface area contributed by atoms with E-state index in [4.69, 9.17) is 25.4 Å². The first-order valence-corrected chi connectivity index (χ1v) is 15.6. The lowest BCUT2D eigenvalue weighted by atomic mass is 9.80. The van der Waals surface area contributed by atoms with Gasteiger partial charge >= 0.3 is 0 Å². The summed E-state index contributed by atoms with van der Waals surface area (Å²) < 4.78 is 26.8. The molecule has 5 aromatic carbocycles. The van der Waals surface area contributed by atoms with Gasteiger partial charge in [-0.2, -0.15) is 0 Å². The van der Waals surface area contributed by atoms with Crippen LogP contribution >= 0.6 is 0 Å². The van der Waals surface area contributed by atoms with Crippen LogP contribution in [0, 0.1) is 12.3 Å². The van der Waals surface area contributed by atoms with Crippen LogP contribution in [0.1, 0.15) is 27.8 Å². The fraction of sp³-hybridized carbons (Fsp3) is 0.220. The van der Waals surface area contributed by atoms with Gasteiger partial charge in [0, 0.05) is 0 Å². The quantitative estimate of drug-likeness (QED) is 0.116. The number of rotatable bonds is 13. The predicted molar refractivity (Wildman–Crippen MR) is 179 cm³/mol. The van der Waals surface area contributed by atoms with E-state index in [9.17, 15) is 5.11 Å². The molecule has 5 nitrogen and oxygen atoms in total. The first-order valence-electron chi connectivity index (χ1n) is 15.6. The normalized spacial score (nSPS) is 20.2. The average Bonchev–Trinajstić information content (AvgIpc) is 3.49. The van der Waals surface area contributed by atoms with Crippen LogP contribution in [0.3, 0.4) is 0 Å². The molecule has 1 saturated heterocycles. The highest BCUT2D eigenvalue weighted by atomic mass is 16.6. The summed E-state index contributed by atoms with van der Waals surface area (Å²) in [5.41, 5.74) is 3.98. The summed E-state index contributed by atoms with van der Waals surface area (Å²) in [4.78, 5) is 0. The summed E-state index contributed by atoms with van der Waals surface area (Å²) in [5, 5.41) is 11.0. The Morgan fingerprint density at radius 3 is 1.41 bits per heavy atom. The van der Waals surface area contributed by atoms with Gasteiger partial charge in [-0.05, 0) is 27.8 Å². The molecule has 0 bridgehead atoms. The fourth-order valence-electron chi connectivity index (χ4n) is 6.14. The van der Waals surface area contributed by atoms with Crippen molar-refractivity contribution in [1.29, 1.82) is 0 Å². The van der Waals surface area contributed by atoms with Gasteiger partial charge in [0.25, 0.3) is 0 Å². The van der Waals surface area contributed by atoms with Crippen LogP contribution in [0.15, 0.2) is 152 Å². The molecule has 232 valence electrons. The smallest absolute Gasteiger partial charge is 0.143 e. The van der Waals surface area contributed by atoms with E-state index >= 15 is 0 Å². The molecule has 0 saturated carbocycles. The van der Waals surface area contributed by atoms with Gasteiger partial charge in [-0.25, -0.2) is 0 Å². The van der Waals surface area contributed by atoms with E-state index in [-0.39, 0.29) is 6.61 Å². The summed E-state index contributed by atoms with van der Waals surface area (Å²) in [5.74, 6) is 2.45. The van der Waals surface area contributed by atoms with Crippen molar-refractivity contribution in [2.45, 2.75) is 49.3 Å². The van der Waals surface area contributed by atoms with Gasteiger partial charge in [-0.15, -0.1) is 6.42 Å². The Bertz CT molecular complexity index is 1560. The molecule has 1 N–H and O–H groups in total. The van der Waals surface area contributed by atoms with Crippen LogP contribution in [-0.4, -0.2) is 42.2 Å². The van der Waals surface area contributed by atoms with E-state index in [2.05, 4.69) is 42.3 Å². The van der Waals surface area contributed by atoms with Gasteiger partial charge in [0.05, 0.1) is 19.8 Å². The number of aliphatic hydroxyl groups excluding tert-OH is 1. The molecule has 46 heavy (non-hydrogen) atoms. The molecular weight excluding hydrogens is 572 g/mol. The van der Waals surface area contributed by atoms with Crippen molar-refractivity contribution < 1.29 is 24.1 Å². The molecular formula is C41H38O5. The second-order valence-electron chi connectivity index (χ2n) is 11.4. The largest absolute Gasteiger partial charge is 0.378 e. The van der Waals surface area contributed by atoms with Crippen molar-refractivity contribution in [3.8, 4) is 12.3 Å². The van der Waals surface area contributed by atoms with Crippen molar-refractivity contribution in [2.75, 3.05) is 6.61 Å². The zero-order valence-corrected chi connectivity index (χ0v) is 25.6. The van der Waals surface area contributed by atoms with E-state index in [1.54, 1.807) is 0 Å². The molecule has 1 heterocycles. The highest BCUT2D eigenvalue weighted by Gasteiger charge is 2.50. The van der Waals surface area contributed by atoms with E-state index in [0.717, 1.165) is 27.8 Å². The predicted octanol–water partition coefficient (Wildman–Crippen LogP) is 6.93. The average molecular weight is 611 g/mol. The fourth-order valence-corrected chi connectivity index (χ4v) is 6.14. The first kappa shape index (κ1) is 31.4. The Balaban J connectivity index is 1.37. The van der Waals surface area contributed by atoms with Crippen LogP contribution in [0.25, 0.3) is 0 Å². The molecule has 5 heteroatoms. The second kappa shape index (κ2) is 15.2. The third kappa shape index (κ3) is 6.98. The van der Waals surface area contributed by atoms with E-state index in [0.29, 0.717) is 13.2 Å². The standard InChI is InChI=1S/C41H38O5/c1-2-36(42)38-40(44-29-32-20-10-4-11-21-32)39(43-28-31-18-8-3-9-19-31)37(46-38)30-45-41(33-22-12-5-13-23-33,34-24-14-6-15-25-34)35-26-16-7-17-27-35/h1,3-27,36-40,42H,28-30H2/t36-,37+,38+,39+,40+/m0/s1. The third-order valence-electron chi connectivity index (χ3n) is 8.40. The number of hydrogen-bond acceptors (Lipinski definition) is 5. The number of ether oxygens (including phenoxy) is 4. The Morgan fingerprint density at radius 1 is 0.609 bits per heavy atom. The van der Waals surface area contributed by atoms with Gasteiger partial charge in [-0.3, -0.25) is 0 Å². The summed E-state index contributed by atoms with van der Waals surface area (Å²) in [6.07, 6.45) is 1.89. The topological polar surface area (TPSA) is 57.2 Å². The molecule has 0 aliphatic carbocycles. The summed E-state index contributed by atoms with van der Waals surface area (Å²) in [6, 6.07) is 50.4. The molecule has 6 rings (SSSR count). The Kier molecular flexibility index (Phi) is 10.4. The minimum Gasteiger partial charge on any atom is -0.378 e. The maximum Gasteiger partial charge on any atom is 0.143 e. The van der Waals surface area contributed by atoms with Crippen molar-refractivity contribution in [1.82, 2.24) is 0 Å². The first-order chi connectivity index (χ1) is 22.7. The van der Waals surface area contributed by atoms with Crippen LogP contribution in [-0.2, 0) is 37.8 Å². The molecule has 5 aromatic rings. The van der Waals surface area contributed by atoms with Gasteiger partial charge in [-0.1, -0.05) is 158 Å². The Labute approximate surface area is 271 Å². The van der Waals surface area contributed by atoms with E-state index in [1.807, 2.05) is 115 Å². The maximum absolute atomic E-state index is 11.0. The van der Waals surface area contributed by atoms with Crippen molar-refractivity contribution in [3.05, 3.63) is 179 Å². The summed E-state index contributed by atoms with van der Waals surface area (Å²) >= 11 is 0. The van der Waals surface area contributed by atoms with Gasteiger partial charge in [0.1, 0.15) is 36.1 Å². The van der Waals surface area contributed by atoms with Gasteiger partial charge in [0.15, 0.2) is 0 Å². The second-order valence-corrected chi connectivity index (χ2v) is 11.4. The van der Waals surface area contributed by atoms with Crippen molar-refractivity contribution in [2.24, 2.45) is 0 Å². The van der Waals surface area contributed by atoms with Crippen LogP contribution in [0.2, 0.25) is 0 Å². The van der Waals surface area contributed by atoms with Gasteiger partial charge < -0.3 is 24.1 Å². The lowest BCUT2D eigenvalue weighted by molar-refractivity contribution is -0.106. The van der Waals surface area contributed by atoms with E-state index < -0.39 is 36.1 Å². The highest BCUT2D eigenvalue weighted by Crippen LogP contribution is 2.42. The summed E-state index contributed by atoms with van der Waals surface area (Å²) in [7, 11) is 0. The SMILES string of the molecule is C#C[C@H](O)[C@H]1O[C@H](COC(c2ccccc2)(c2ccccc2)c2ccccc2)[C@@H](OCc2ccccc2)[C@@H]1OCc1ccccc1. The zero-order chi connectivity index (χ0) is 31.6. The minimum absolute atomic E-state index is 0.136. The summed E-state index contributed by atoms with van der Waals surface area (Å²) in [6.45, 7) is 0.775. The number of hydrogen-bond donors (Lipinski definition) is 1. The van der Waals surface area contributed by atoms with Gasteiger partial charge in [0.2, 0.25) is 0 Å². The number of benzene rings is 5. The lowest BCUT2D eigenvalue weighted by Crippen LogP contribution is -2.43. The van der Waals surface area contributed by atoms with Crippen molar-refractivity contribution in [3.63, 3.8) is 0 Å². The molecule has 0 aromatic heterocycles. The monoisotopic (exact) mass is 610 g/mol. The van der Waals surface area contributed by atoms with E-state index in [1.165, 1.54) is 0 Å². The highest BCUT2D eigenvalue weighted by molar-refractivity contribution is 5.47. The molecule has 1 aliphatic rings. The Morgan fingerprint density at radius 2 is 1.00 bits per heavy atom. The third-order valence-corrected chi connectivity index (χ3v) is 8.40. The van der Waals surface area contributed by atoms with Crippen LogP contribution < -0.4 is 0 Å².